The molecule has 0 fully saturated rings. The third-order valence-electron chi connectivity index (χ3n) is 2.46. The molecular weight excluding hydrogens is 214 g/mol. The average molecular weight is 235 g/mol. The van der Waals surface area contributed by atoms with Gasteiger partial charge in [-0.2, -0.15) is 0 Å². The fourth-order valence-corrected chi connectivity index (χ4v) is 1.58. The smallest absolute Gasteiger partial charge is 0.192 e. The van der Waals surface area contributed by atoms with E-state index in [2.05, 4.69) is 27.6 Å². The number of hydrogen-bond donors (Lipinski definition) is 2. The minimum absolute atomic E-state index is 0.502. The zero-order valence-electron chi connectivity index (χ0n) is 10.5. The largest absolute Gasteiger partial charge is 0.377 e. The first-order chi connectivity index (χ1) is 8.36. The second-order valence-corrected chi connectivity index (χ2v) is 3.76. The summed E-state index contributed by atoms with van der Waals surface area (Å²) in [6.07, 6.45) is 9.38. The standard InChI is InChI=1S/C13H21N3O/c1-3-8-15-13(14-4-2)16-9-5-12-6-10-17-11-7-12/h1,6H,4-5,7-11H2,2H3,(H2,14,15,16). The number of ether oxygens (including phenoxy) is 1. The summed E-state index contributed by atoms with van der Waals surface area (Å²) in [6, 6.07) is 0. The van der Waals surface area contributed by atoms with Crippen LogP contribution in [-0.2, 0) is 4.74 Å². The fourth-order valence-electron chi connectivity index (χ4n) is 1.58. The molecule has 0 aromatic carbocycles. The lowest BCUT2D eigenvalue weighted by Gasteiger charge is -2.13. The van der Waals surface area contributed by atoms with E-state index in [1.54, 1.807) is 0 Å². The number of guanidine groups is 1. The van der Waals surface area contributed by atoms with E-state index in [4.69, 9.17) is 11.2 Å². The van der Waals surface area contributed by atoms with E-state index in [-0.39, 0.29) is 0 Å². The first kappa shape index (κ1) is 13.6. The third kappa shape index (κ3) is 5.98. The van der Waals surface area contributed by atoms with Gasteiger partial charge in [-0.1, -0.05) is 17.6 Å². The van der Waals surface area contributed by atoms with Gasteiger partial charge in [-0.3, -0.25) is 4.99 Å². The van der Waals surface area contributed by atoms with E-state index in [1.165, 1.54) is 5.57 Å². The Morgan fingerprint density at radius 1 is 1.59 bits per heavy atom. The Bertz CT molecular complexity index is 315. The molecule has 94 valence electrons. The maximum Gasteiger partial charge on any atom is 0.192 e. The number of terminal acetylenes is 1. The van der Waals surface area contributed by atoms with Crippen LogP contribution in [0.2, 0.25) is 0 Å². The van der Waals surface area contributed by atoms with E-state index in [9.17, 15) is 0 Å². The Kier molecular flexibility index (Phi) is 6.92. The molecular formula is C13H21N3O. The first-order valence-electron chi connectivity index (χ1n) is 6.08. The van der Waals surface area contributed by atoms with Gasteiger partial charge in [-0.05, 0) is 19.8 Å². The van der Waals surface area contributed by atoms with E-state index in [0.29, 0.717) is 6.54 Å². The Labute approximate surface area is 104 Å². The highest BCUT2D eigenvalue weighted by Gasteiger charge is 2.03. The molecule has 0 aromatic rings. The van der Waals surface area contributed by atoms with Gasteiger partial charge in [-0.25, -0.2) is 0 Å². The highest BCUT2D eigenvalue weighted by atomic mass is 16.5. The summed E-state index contributed by atoms with van der Waals surface area (Å²) in [6.45, 7) is 5.74. The fraction of sp³-hybridized carbons (Fsp3) is 0.615. The molecule has 4 heteroatoms. The lowest BCUT2D eigenvalue weighted by Crippen LogP contribution is -2.37. The predicted octanol–water partition coefficient (Wildman–Crippen LogP) is 0.911. The summed E-state index contributed by atoms with van der Waals surface area (Å²) in [7, 11) is 0. The predicted molar refractivity (Wildman–Crippen MR) is 71.0 cm³/mol. The van der Waals surface area contributed by atoms with Crippen LogP contribution >= 0.6 is 0 Å². The number of rotatable bonds is 5. The van der Waals surface area contributed by atoms with Gasteiger partial charge in [-0.15, -0.1) is 6.42 Å². The highest BCUT2D eigenvalue weighted by Crippen LogP contribution is 2.11. The minimum atomic E-state index is 0.502. The second kappa shape index (κ2) is 8.66. The normalized spacial score (nSPS) is 16.0. The number of nitrogens with one attached hydrogen (secondary N) is 2. The molecule has 17 heavy (non-hydrogen) atoms. The van der Waals surface area contributed by atoms with Gasteiger partial charge in [0.25, 0.3) is 0 Å². The van der Waals surface area contributed by atoms with E-state index >= 15 is 0 Å². The average Bonchev–Trinajstić information content (AvgIpc) is 2.37. The quantitative estimate of drug-likeness (QED) is 0.322. The molecule has 0 radical (unpaired) electrons. The maximum absolute atomic E-state index is 5.26. The molecule has 0 bridgehead atoms. The Balaban J connectivity index is 2.32. The molecule has 0 spiro atoms. The van der Waals surface area contributed by atoms with E-state index in [0.717, 1.165) is 45.1 Å². The lowest BCUT2D eigenvalue weighted by atomic mass is 10.1. The molecule has 1 aliphatic rings. The summed E-state index contributed by atoms with van der Waals surface area (Å²) in [4.78, 5) is 4.46. The summed E-state index contributed by atoms with van der Waals surface area (Å²) >= 11 is 0. The van der Waals surface area contributed by atoms with E-state index < -0.39 is 0 Å². The molecule has 0 aromatic heterocycles. The topological polar surface area (TPSA) is 45.7 Å². The molecule has 1 rings (SSSR count). The Morgan fingerprint density at radius 2 is 2.47 bits per heavy atom. The molecule has 0 atom stereocenters. The zero-order valence-corrected chi connectivity index (χ0v) is 10.5. The number of hydrogen-bond acceptors (Lipinski definition) is 2. The first-order valence-corrected chi connectivity index (χ1v) is 6.08. The van der Waals surface area contributed by atoms with E-state index in [1.807, 2.05) is 6.92 Å². The van der Waals surface area contributed by atoms with Crippen LogP contribution in [0.25, 0.3) is 0 Å². The molecule has 1 aliphatic heterocycles. The molecule has 2 N–H and O–H groups in total. The van der Waals surface area contributed by atoms with Crippen LogP contribution < -0.4 is 10.6 Å². The minimum Gasteiger partial charge on any atom is -0.377 e. The van der Waals surface area contributed by atoms with Crippen molar-refractivity contribution in [2.24, 2.45) is 4.99 Å². The highest BCUT2D eigenvalue weighted by molar-refractivity contribution is 5.79. The molecule has 0 unspecified atom stereocenters. The second-order valence-electron chi connectivity index (χ2n) is 3.76. The van der Waals surface area contributed by atoms with Gasteiger partial charge in [0.2, 0.25) is 0 Å². The van der Waals surface area contributed by atoms with Crippen LogP contribution in [0.1, 0.15) is 19.8 Å². The summed E-state index contributed by atoms with van der Waals surface area (Å²) in [5.74, 6) is 3.33. The molecule has 4 nitrogen and oxygen atoms in total. The van der Waals surface area contributed by atoms with Crippen molar-refractivity contribution in [1.82, 2.24) is 10.6 Å². The Hall–Kier alpha value is -1.47. The zero-order chi connectivity index (χ0) is 12.3. The van der Waals surface area contributed by atoms with Crippen molar-refractivity contribution in [2.75, 3.05) is 32.8 Å². The lowest BCUT2D eigenvalue weighted by molar-refractivity contribution is 0.153. The summed E-state index contributed by atoms with van der Waals surface area (Å²) in [5, 5.41) is 6.22. The molecule has 0 aliphatic carbocycles. The van der Waals surface area contributed by atoms with Crippen molar-refractivity contribution in [2.45, 2.75) is 19.8 Å². The van der Waals surface area contributed by atoms with Crippen LogP contribution in [0.3, 0.4) is 0 Å². The van der Waals surface area contributed by atoms with Crippen molar-refractivity contribution in [3.8, 4) is 12.3 Å². The number of aliphatic imine (C=N–C) groups is 1. The maximum atomic E-state index is 5.26. The van der Waals surface area contributed by atoms with Gasteiger partial charge in [0.15, 0.2) is 5.96 Å². The van der Waals surface area contributed by atoms with Crippen LogP contribution in [0, 0.1) is 12.3 Å². The van der Waals surface area contributed by atoms with Crippen molar-refractivity contribution in [3.05, 3.63) is 11.6 Å². The Morgan fingerprint density at radius 3 is 3.12 bits per heavy atom. The molecule has 0 saturated heterocycles. The monoisotopic (exact) mass is 235 g/mol. The van der Waals surface area contributed by atoms with Gasteiger partial charge in [0, 0.05) is 13.1 Å². The van der Waals surface area contributed by atoms with Crippen molar-refractivity contribution < 1.29 is 4.74 Å². The molecule has 0 saturated carbocycles. The molecule has 1 heterocycles. The van der Waals surface area contributed by atoms with Gasteiger partial charge in [0.1, 0.15) is 0 Å². The van der Waals surface area contributed by atoms with Crippen LogP contribution in [0.15, 0.2) is 16.6 Å². The number of nitrogens with zero attached hydrogens (tertiary/aromatic N) is 1. The van der Waals surface area contributed by atoms with Crippen molar-refractivity contribution in [1.29, 1.82) is 0 Å². The summed E-state index contributed by atoms with van der Waals surface area (Å²) in [5.41, 5.74) is 1.44. The van der Waals surface area contributed by atoms with Gasteiger partial charge < -0.3 is 15.4 Å². The third-order valence-corrected chi connectivity index (χ3v) is 2.46. The summed E-state index contributed by atoms with van der Waals surface area (Å²) < 4.78 is 5.26. The van der Waals surface area contributed by atoms with Crippen LogP contribution in [0.4, 0.5) is 0 Å². The van der Waals surface area contributed by atoms with Crippen molar-refractivity contribution in [3.63, 3.8) is 0 Å². The van der Waals surface area contributed by atoms with Crippen molar-refractivity contribution >= 4 is 5.96 Å². The van der Waals surface area contributed by atoms with Gasteiger partial charge in [0.05, 0.1) is 19.8 Å². The van der Waals surface area contributed by atoms with Gasteiger partial charge >= 0.3 is 0 Å². The van der Waals surface area contributed by atoms with Crippen LogP contribution in [-0.4, -0.2) is 38.8 Å². The SMILES string of the molecule is C#CCNC(=NCCC1=CCOCC1)NCC. The molecule has 0 amide bonds. The van der Waals surface area contributed by atoms with Crippen LogP contribution in [0.5, 0.6) is 0 Å².